The first-order valence-corrected chi connectivity index (χ1v) is 8.94. The molecule has 2 aromatic rings. The Bertz CT molecular complexity index is 801. The van der Waals surface area contributed by atoms with Gasteiger partial charge in [0.25, 0.3) is 6.47 Å². The maximum atomic E-state index is 8.95. The lowest BCUT2D eigenvalue weighted by Crippen LogP contribution is -1.89. The average molecular weight is 364 g/mol. The van der Waals surface area contributed by atoms with E-state index in [2.05, 4.69) is 64.1 Å². The van der Waals surface area contributed by atoms with E-state index < -0.39 is 0 Å². The largest absolute Gasteiger partial charge is 0.483 e. The molecule has 27 heavy (non-hydrogen) atoms. The number of rotatable bonds is 3. The van der Waals surface area contributed by atoms with Gasteiger partial charge in [0.2, 0.25) is 0 Å². The number of nitrogens with zero attached hydrogens (tertiary/aromatic N) is 1. The lowest BCUT2D eigenvalue weighted by Gasteiger charge is -2.11. The van der Waals surface area contributed by atoms with Crippen LogP contribution in [0.3, 0.4) is 0 Å². The maximum absolute atomic E-state index is 8.95. The Kier molecular flexibility index (Phi) is 11.6. The highest BCUT2D eigenvalue weighted by Crippen LogP contribution is 2.28. The van der Waals surface area contributed by atoms with E-state index in [-0.39, 0.29) is 6.47 Å². The summed E-state index contributed by atoms with van der Waals surface area (Å²) >= 11 is 0. The van der Waals surface area contributed by atoms with Crippen LogP contribution in [0.5, 0.6) is 0 Å². The molecular formula is C24H29NO2. The Labute approximate surface area is 163 Å². The van der Waals surface area contributed by atoms with Crippen LogP contribution in [0, 0.1) is 18.3 Å². The number of hydrogen-bond acceptors (Lipinski definition) is 2. The van der Waals surface area contributed by atoms with Crippen LogP contribution in [0.1, 0.15) is 56.9 Å². The van der Waals surface area contributed by atoms with Gasteiger partial charge in [0, 0.05) is 0 Å². The molecular weight excluding hydrogens is 334 g/mol. The van der Waals surface area contributed by atoms with Gasteiger partial charge in [-0.05, 0) is 62.1 Å². The van der Waals surface area contributed by atoms with Crippen LogP contribution in [0.2, 0.25) is 0 Å². The fourth-order valence-corrected chi connectivity index (χ4v) is 2.38. The van der Waals surface area contributed by atoms with Gasteiger partial charge < -0.3 is 5.11 Å². The lowest BCUT2D eigenvalue weighted by atomic mass is 9.93. The minimum absolute atomic E-state index is 0.250. The quantitative estimate of drug-likeness (QED) is 0.385. The molecule has 0 saturated carbocycles. The van der Waals surface area contributed by atoms with Crippen molar-refractivity contribution in [3.8, 4) is 6.07 Å². The van der Waals surface area contributed by atoms with Gasteiger partial charge in [-0.15, -0.1) is 0 Å². The van der Waals surface area contributed by atoms with Gasteiger partial charge in [0.15, 0.2) is 0 Å². The first kappa shape index (κ1) is 23.9. The zero-order valence-corrected chi connectivity index (χ0v) is 17.1. The van der Waals surface area contributed by atoms with E-state index in [1.807, 2.05) is 38.1 Å². The first-order valence-electron chi connectivity index (χ1n) is 8.94. The second-order valence-electron chi connectivity index (χ2n) is 5.92. The summed E-state index contributed by atoms with van der Waals surface area (Å²) in [5, 5.41) is 15.8. The van der Waals surface area contributed by atoms with E-state index in [0.29, 0.717) is 5.56 Å². The van der Waals surface area contributed by atoms with E-state index in [1.54, 1.807) is 0 Å². The predicted octanol–water partition coefficient (Wildman–Crippen LogP) is 6.49. The summed E-state index contributed by atoms with van der Waals surface area (Å²) in [6, 6.07) is 18.5. The third-order valence-electron chi connectivity index (χ3n) is 3.65. The van der Waals surface area contributed by atoms with Gasteiger partial charge in [-0.3, -0.25) is 4.79 Å². The molecule has 0 spiro atoms. The maximum Gasteiger partial charge on any atom is 0.290 e. The van der Waals surface area contributed by atoms with E-state index in [4.69, 9.17) is 15.2 Å². The van der Waals surface area contributed by atoms with Crippen LogP contribution >= 0.6 is 0 Å². The Morgan fingerprint density at radius 1 is 0.926 bits per heavy atom. The van der Waals surface area contributed by atoms with Gasteiger partial charge in [0.1, 0.15) is 0 Å². The fraction of sp³-hybridized carbons (Fsp3) is 0.250. The zero-order valence-electron chi connectivity index (χ0n) is 17.1. The number of carbonyl (C=O) groups is 1. The molecule has 1 N–H and O–H groups in total. The Balaban J connectivity index is 0.00000123. The normalized spacial score (nSPS) is 9.96. The number of benzene rings is 2. The van der Waals surface area contributed by atoms with Crippen molar-refractivity contribution < 1.29 is 9.90 Å². The Hall–Kier alpha value is -3.12. The molecule has 0 radical (unpaired) electrons. The number of aryl methyl sites for hydroxylation is 1. The molecule has 2 aromatic carbocycles. The van der Waals surface area contributed by atoms with Crippen LogP contribution < -0.4 is 0 Å². The number of nitriles is 1. The summed E-state index contributed by atoms with van der Waals surface area (Å²) in [5.74, 6) is 0. The number of carboxylic acid groups (broad SMARTS) is 1. The highest BCUT2D eigenvalue weighted by atomic mass is 16.3. The van der Waals surface area contributed by atoms with Gasteiger partial charge in [-0.1, -0.05) is 67.5 Å². The van der Waals surface area contributed by atoms with Crippen LogP contribution in [0.25, 0.3) is 11.1 Å². The van der Waals surface area contributed by atoms with Crippen LogP contribution in [-0.4, -0.2) is 11.6 Å². The molecule has 3 nitrogen and oxygen atoms in total. The van der Waals surface area contributed by atoms with E-state index >= 15 is 0 Å². The highest BCUT2D eigenvalue weighted by molar-refractivity contribution is 5.95. The fourth-order valence-electron chi connectivity index (χ4n) is 2.38. The zero-order chi connectivity index (χ0) is 20.8. The molecule has 0 aromatic heterocycles. The molecule has 0 amide bonds. The minimum Gasteiger partial charge on any atom is -0.483 e. The van der Waals surface area contributed by atoms with Crippen LogP contribution in [0.4, 0.5) is 0 Å². The molecule has 0 unspecified atom stereocenters. The second-order valence-corrected chi connectivity index (χ2v) is 5.92. The molecule has 3 heteroatoms. The van der Waals surface area contributed by atoms with Crippen molar-refractivity contribution >= 4 is 17.6 Å². The lowest BCUT2D eigenvalue weighted by molar-refractivity contribution is -0.122. The molecule has 0 aliphatic carbocycles. The van der Waals surface area contributed by atoms with Gasteiger partial charge in [-0.2, -0.15) is 5.26 Å². The second kappa shape index (κ2) is 13.1. The third-order valence-corrected chi connectivity index (χ3v) is 3.65. The van der Waals surface area contributed by atoms with Crippen LogP contribution in [-0.2, 0) is 4.79 Å². The van der Waals surface area contributed by atoms with Gasteiger partial charge >= 0.3 is 0 Å². The molecule has 0 aliphatic heterocycles. The summed E-state index contributed by atoms with van der Waals surface area (Å²) < 4.78 is 0. The topological polar surface area (TPSA) is 61.1 Å². The molecule has 0 aliphatic rings. The standard InChI is InChI=1S/C21H21N.C2H6.CH2O2/c1-15(2)13-21(20-11-7-18(14-22)8-12-20)17(4)19-9-5-16(3)6-10-19;1-2;2-1-3/h5-13H,1-4H3;1-2H3;1H,(H,2,3)/b21-17-;;. The van der Waals surface area contributed by atoms with Crippen molar-refractivity contribution in [3.63, 3.8) is 0 Å². The summed E-state index contributed by atoms with van der Waals surface area (Å²) in [6.07, 6.45) is 2.20. The van der Waals surface area contributed by atoms with Crippen molar-refractivity contribution in [2.45, 2.75) is 41.5 Å². The third kappa shape index (κ3) is 8.20. The van der Waals surface area contributed by atoms with Crippen molar-refractivity contribution in [1.82, 2.24) is 0 Å². The van der Waals surface area contributed by atoms with Crippen molar-refractivity contribution in [1.29, 1.82) is 5.26 Å². The molecule has 0 bridgehead atoms. The number of hydrogen-bond donors (Lipinski definition) is 1. The van der Waals surface area contributed by atoms with E-state index in [9.17, 15) is 0 Å². The van der Waals surface area contributed by atoms with Crippen LogP contribution in [0.15, 0.2) is 60.2 Å². The molecule has 0 atom stereocenters. The molecule has 2 rings (SSSR count). The van der Waals surface area contributed by atoms with Crippen molar-refractivity contribution in [2.24, 2.45) is 0 Å². The highest BCUT2D eigenvalue weighted by Gasteiger charge is 2.06. The summed E-state index contributed by atoms with van der Waals surface area (Å²) in [7, 11) is 0. The predicted molar refractivity (Wildman–Crippen MR) is 114 cm³/mol. The van der Waals surface area contributed by atoms with Crippen molar-refractivity contribution in [3.05, 3.63) is 82.4 Å². The molecule has 0 saturated heterocycles. The summed E-state index contributed by atoms with van der Waals surface area (Å²) in [6.45, 7) is 12.2. The summed E-state index contributed by atoms with van der Waals surface area (Å²) in [5.41, 5.74) is 8.01. The Morgan fingerprint density at radius 2 is 1.37 bits per heavy atom. The minimum atomic E-state index is -0.250. The molecule has 0 heterocycles. The van der Waals surface area contributed by atoms with Gasteiger partial charge in [-0.25, -0.2) is 0 Å². The van der Waals surface area contributed by atoms with Crippen molar-refractivity contribution in [2.75, 3.05) is 0 Å². The number of allylic oxidation sites excluding steroid dienone is 4. The van der Waals surface area contributed by atoms with E-state index in [1.165, 1.54) is 27.8 Å². The average Bonchev–Trinajstić information content (AvgIpc) is 2.68. The monoisotopic (exact) mass is 363 g/mol. The van der Waals surface area contributed by atoms with E-state index in [0.717, 1.165) is 5.56 Å². The summed E-state index contributed by atoms with van der Waals surface area (Å²) in [4.78, 5) is 8.36. The smallest absolute Gasteiger partial charge is 0.290 e. The first-order chi connectivity index (χ1) is 12.9. The van der Waals surface area contributed by atoms with Gasteiger partial charge in [0.05, 0.1) is 11.6 Å². The molecule has 0 fully saturated rings. The Morgan fingerprint density at radius 3 is 1.78 bits per heavy atom. The SMILES string of the molecule is CC.CC(C)=C/C(=C(\C)c1ccc(C)cc1)c1ccc(C#N)cc1.O=CO. The molecule has 142 valence electrons.